The largest absolute Gasteiger partial charge is 0.506 e. The topological polar surface area (TPSA) is 92.4 Å². The molecule has 4 N–H and O–H groups in total. The molecule has 1 rings (SSSR count). The number of anilines is 1. The molecule has 0 radical (unpaired) electrons. The van der Waals surface area contributed by atoms with Gasteiger partial charge in [0.2, 0.25) is 0 Å². The molecule has 0 heterocycles. The zero-order valence-electron chi connectivity index (χ0n) is 7.62. The second-order valence-corrected chi connectivity index (χ2v) is 4.17. The van der Waals surface area contributed by atoms with Crippen LogP contribution < -0.4 is 9.86 Å². The molecule has 0 fully saturated rings. The van der Waals surface area contributed by atoms with Crippen molar-refractivity contribution in [1.82, 2.24) is 0 Å². The van der Waals surface area contributed by atoms with Crippen LogP contribution in [-0.4, -0.2) is 13.5 Å². The van der Waals surface area contributed by atoms with Gasteiger partial charge in [0.1, 0.15) is 5.75 Å². The fourth-order valence-electron chi connectivity index (χ4n) is 0.947. The van der Waals surface area contributed by atoms with Crippen LogP contribution in [0.5, 0.6) is 5.75 Å². The number of hydrogen-bond acceptors (Lipinski definition) is 3. The second kappa shape index (κ2) is 3.83. The molecular weight excluding hydrogens is 249 g/mol. The van der Waals surface area contributed by atoms with Crippen LogP contribution in [0, 0.1) is 0 Å². The van der Waals surface area contributed by atoms with Crippen molar-refractivity contribution < 1.29 is 26.7 Å². The van der Waals surface area contributed by atoms with Gasteiger partial charge in [0, 0.05) is 0 Å². The highest BCUT2D eigenvalue weighted by atomic mass is 32.2. The SMILES string of the molecule is NS(=O)(=O)Nc1cc(C(F)(F)F)ccc1O. The first-order valence-corrected chi connectivity index (χ1v) is 5.35. The molecule has 0 amide bonds. The van der Waals surface area contributed by atoms with Gasteiger partial charge < -0.3 is 5.11 Å². The van der Waals surface area contributed by atoms with Crippen LogP contribution >= 0.6 is 0 Å². The van der Waals surface area contributed by atoms with Crippen molar-refractivity contribution >= 4 is 15.9 Å². The molecule has 16 heavy (non-hydrogen) atoms. The van der Waals surface area contributed by atoms with Crippen molar-refractivity contribution in [1.29, 1.82) is 0 Å². The van der Waals surface area contributed by atoms with Gasteiger partial charge in [-0.2, -0.15) is 21.6 Å². The Balaban J connectivity index is 3.20. The van der Waals surface area contributed by atoms with Gasteiger partial charge in [-0.1, -0.05) is 0 Å². The van der Waals surface area contributed by atoms with E-state index in [-0.39, 0.29) is 0 Å². The normalized spacial score (nSPS) is 12.5. The maximum Gasteiger partial charge on any atom is 0.416 e. The second-order valence-electron chi connectivity index (χ2n) is 2.88. The Morgan fingerprint density at radius 3 is 2.31 bits per heavy atom. The average molecular weight is 256 g/mol. The van der Waals surface area contributed by atoms with E-state index >= 15 is 0 Å². The van der Waals surface area contributed by atoms with Gasteiger partial charge in [0.15, 0.2) is 0 Å². The van der Waals surface area contributed by atoms with Gasteiger partial charge in [-0.15, -0.1) is 0 Å². The van der Waals surface area contributed by atoms with Gasteiger partial charge in [-0.25, -0.2) is 5.14 Å². The number of phenolic OH excluding ortho intramolecular Hbond substituents is 1. The number of benzene rings is 1. The van der Waals surface area contributed by atoms with Crippen molar-refractivity contribution in [3.05, 3.63) is 23.8 Å². The van der Waals surface area contributed by atoms with Crippen molar-refractivity contribution in [2.24, 2.45) is 5.14 Å². The Morgan fingerprint density at radius 1 is 1.31 bits per heavy atom. The highest BCUT2D eigenvalue weighted by Crippen LogP contribution is 2.34. The molecule has 0 unspecified atom stereocenters. The van der Waals surface area contributed by atoms with E-state index in [1.54, 1.807) is 4.72 Å². The predicted octanol–water partition coefficient (Wildman–Crippen LogP) is 1.03. The molecule has 90 valence electrons. The number of halogens is 3. The third kappa shape index (κ3) is 3.28. The molecule has 0 bridgehead atoms. The van der Waals surface area contributed by atoms with Gasteiger partial charge in [-0.3, -0.25) is 4.72 Å². The van der Waals surface area contributed by atoms with E-state index in [0.29, 0.717) is 12.1 Å². The Hall–Kier alpha value is -1.48. The van der Waals surface area contributed by atoms with Crippen LogP contribution in [0.25, 0.3) is 0 Å². The summed E-state index contributed by atoms with van der Waals surface area (Å²) in [5.74, 6) is -0.651. The van der Waals surface area contributed by atoms with Crippen molar-refractivity contribution in [3.63, 3.8) is 0 Å². The summed E-state index contributed by atoms with van der Waals surface area (Å²) in [6.45, 7) is 0. The van der Waals surface area contributed by atoms with Gasteiger partial charge in [0.05, 0.1) is 11.3 Å². The van der Waals surface area contributed by atoms with Crippen molar-refractivity contribution in [3.8, 4) is 5.75 Å². The maximum atomic E-state index is 12.2. The van der Waals surface area contributed by atoms with E-state index in [4.69, 9.17) is 5.11 Å². The van der Waals surface area contributed by atoms with Crippen molar-refractivity contribution in [2.75, 3.05) is 4.72 Å². The number of alkyl halides is 3. The number of aromatic hydroxyl groups is 1. The number of phenols is 1. The molecule has 0 saturated heterocycles. The van der Waals surface area contributed by atoms with Crippen LogP contribution in [0.15, 0.2) is 18.2 Å². The summed E-state index contributed by atoms with van der Waals surface area (Å²) in [5, 5.41) is 13.7. The van der Waals surface area contributed by atoms with Crippen LogP contribution in [-0.2, 0) is 16.4 Å². The van der Waals surface area contributed by atoms with Crippen LogP contribution in [0.4, 0.5) is 18.9 Å². The lowest BCUT2D eigenvalue weighted by Gasteiger charge is -2.10. The quantitative estimate of drug-likeness (QED) is 0.690. The third-order valence-electron chi connectivity index (χ3n) is 1.58. The fraction of sp³-hybridized carbons (Fsp3) is 0.143. The minimum Gasteiger partial charge on any atom is -0.506 e. The molecule has 1 aromatic rings. The van der Waals surface area contributed by atoms with E-state index in [9.17, 15) is 21.6 Å². The molecule has 0 aliphatic heterocycles. The van der Waals surface area contributed by atoms with E-state index in [1.165, 1.54) is 0 Å². The highest BCUT2D eigenvalue weighted by molar-refractivity contribution is 7.90. The summed E-state index contributed by atoms with van der Waals surface area (Å²) < 4.78 is 59.5. The summed E-state index contributed by atoms with van der Waals surface area (Å²) >= 11 is 0. The number of hydrogen-bond donors (Lipinski definition) is 3. The smallest absolute Gasteiger partial charge is 0.416 e. The summed E-state index contributed by atoms with van der Waals surface area (Å²) in [4.78, 5) is 0. The lowest BCUT2D eigenvalue weighted by Crippen LogP contribution is -2.22. The molecule has 0 aromatic heterocycles. The minimum atomic E-state index is -4.64. The van der Waals surface area contributed by atoms with E-state index in [0.717, 1.165) is 6.07 Å². The van der Waals surface area contributed by atoms with E-state index < -0.39 is 33.4 Å². The first-order valence-electron chi connectivity index (χ1n) is 3.80. The first-order chi connectivity index (χ1) is 7.09. The van der Waals surface area contributed by atoms with E-state index in [2.05, 4.69) is 5.14 Å². The Bertz CT molecular complexity index is 498. The number of rotatable bonds is 2. The Kier molecular flexibility index (Phi) is 3.01. The van der Waals surface area contributed by atoms with Crippen LogP contribution in [0.3, 0.4) is 0 Å². The first kappa shape index (κ1) is 12.6. The molecule has 9 heteroatoms. The van der Waals surface area contributed by atoms with E-state index in [1.807, 2.05) is 0 Å². The molecule has 0 atom stereocenters. The fourth-order valence-corrected chi connectivity index (χ4v) is 1.42. The zero-order valence-corrected chi connectivity index (χ0v) is 8.43. The summed E-state index contributed by atoms with van der Waals surface area (Å²) in [5.41, 5.74) is -1.73. The molecule has 0 saturated carbocycles. The Labute approximate surface area is 88.9 Å². The average Bonchev–Trinajstić information content (AvgIpc) is 2.04. The standard InChI is InChI=1S/C7H7F3N2O3S/c8-7(9,10)4-1-2-6(13)5(3-4)12-16(11,14)15/h1-3,12-13H,(H2,11,14,15). The predicted molar refractivity (Wildman–Crippen MR) is 49.8 cm³/mol. The third-order valence-corrected chi connectivity index (χ3v) is 2.08. The maximum absolute atomic E-state index is 12.2. The van der Waals surface area contributed by atoms with Gasteiger partial charge in [-0.05, 0) is 18.2 Å². The zero-order chi connectivity index (χ0) is 12.6. The van der Waals surface area contributed by atoms with Gasteiger partial charge in [0.25, 0.3) is 10.2 Å². The monoisotopic (exact) mass is 256 g/mol. The highest BCUT2D eigenvalue weighted by Gasteiger charge is 2.31. The molecule has 0 aliphatic rings. The number of nitrogens with one attached hydrogen (secondary N) is 1. The summed E-state index contributed by atoms with van der Waals surface area (Å²) in [7, 11) is -4.24. The van der Waals surface area contributed by atoms with Crippen LogP contribution in [0.1, 0.15) is 5.56 Å². The summed E-state index contributed by atoms with van der Waals surface area (Å²) in [6.07, 6.45) is -4.64. The molecule has 5 nitrogen and oxygen atoms in total. The minimum absolute atomic E-state index is 0.444. The molecule has 0 spiro atoms. The molecule has 1 aromatic carbocycles. The lowest BCUT2D eigenvalue weighted by atomic mass is 10.2. The summed E-state index contributed by atoms with van der Waals surface area (Å²) in [6, 6.07) is 1.78. The number of nitrogens with two attached hydrogens (primary N) is 1. The molecular formula is C7H7F3N2O3S. The Morgan fingerprint density at radius 2 is 1.88 bits per heavy atom. The lowest BCUT2D eigenvalue weighted by molar-refractivity contribution is -0.137. The van der Waals surface area contributed by atoms with Gasteiger partial charge >= 0.3 is 6.18 Å². The van der Waals surface area contributed by atoms with Crippen molar-refractivity contribution in [2.45, 2.75) is 6.18 Å². The van der Waals surface area contributed by atoms with Crippen LogP contribution in [0.2, 0.25) is 0 Å². The molecule has 0 aliphatic carbocycles.